The van der Waals surface area contributed by atoms with Crippen molar-refractivity contribution in [3.63, 3.8) is 0 Å². The van der Waals surface area contributed by atoms with Gasteiger partial charge in [0.2, 0.25) is 5.43 Å². The minimum absolute atomic E-state index is 0.0253. The molecule has 0 unspecified atom stereocenters. The summed E-state index contributed by atoms with van der Waals surface area (Å²) in [6.07, 6.45) is 3.00. The first kappa shape index (κ1) is 24.9. The number of hydrogen-bond acceptors (Lipinski definition) is 6. The normalized spacial score (nSPS) is 24.5. The Morgan fingerprint density at radius 2 is 2.08 bits per heavy atom. The maximum Gasteiger partial charge on any atom is 0.274 e. The third kappa shape index (κ3) is 4.06. The highest BCUT2D eigenvalue weighted by molar-refractivity contribution is 5.99. The Kier molecular flexibility index (Phi) is 6.04. The number of amides is 2. The number of pyridine rings is 1. The fourth-order valence-corrected chi connectivity index (χ4v) is 5.39. The lowest BCUT2D eigenvalue weighted by molar-refractivity contribution is -0.0655. The van der Waals surface area contributed by atoms with Gasteiger partial charge in [-0.05, 0) is 31.7 Å². The molecule has 5 rings (SSSR count). The molecule has 2 amide bonds. The minimum Gasteiger partial charge on any atom is -0.503 e. The van der Waals surface area contributed by atoms with Gasteiger partial charge in [-0.1, -0.05) is 25.1 Å². The van der Waals surface area contributed by atoms with E-state index in [9.17, 15) is 28.3 Å². The molecule has 2 aromatic rings. The summed E-state index contributed by atoms with van der Waals surface area (Å²) >= 11 is 0. The van der Waals surface area contributed by atoms with Crippen LogP contribution in [-0.2, 0) is 11.4 Å². The van der Waals surface area contributed by atoms with E-state index in [1.807, 2.05) is 20.8 Å². The van der Waals surface area contributed by atoms with Crippen LogP contribution in [0.15, 0.2) is 34.3 Å². The fourth-order valence-electron chi connectivity index (χ4n) is 5.39. The van der Waals surface area contributed by atoms with E-state index in [4.69, 9.17) is 4.84 Å². The molecular formula is C26H28F2N4O5. The molecule has 0 saturated carbocycles. The highest BCUT2D eigenvalue weighted by atomic mass is 19.1. The fraction of sp³-hybridized carbons (Fsp3) is 0.462. The van der Waals surface area contributed by atoms with Crippen LogP contribution in [0.3, 0.4) is 0 Å². The lowest BCUT2D eigenvalue weighted by Crippen LogP contribution is -2.52. The number of rotatable bonds is 4. The molecule has 1 fully saturated rings. The molecule has 0 radical (unpaired) electrons. The zero-order chi connectivity index (χ0) is 26.6. The molecule has 11 heteroatoms. The van der Waals surface area contributed by atoms with Crippen molar-refractivity contribution in [2.24, 2.45) is 11.1 Å². The standard InChI is InChI=1S/C26H28F2N4O5/c1-13(2)19-9-26(37-30-19)7-6-14(3)31-12-20(26)32-11-17(22(33)23(34)21(32)25(31)36)24(35)29-10-15-4-5-16(27)8-18(15)28/h4-5,8,11,13-14,20,34H,6-7,9-10,12H2,1-3H3,(H,29,35)/t14-,20+,26-/m0/s1. The average molecular weight is 515 g/mol. The predicted molar refractivity (Wildman–Crippen MR) is 129 cm³/mol. The van der Waals surface area contributed by atoms with Crippen molar-refractivity contribution in [3.05, 3.63) is 63.1 Å². The summed E-state index contributed by atoms with van der Waals surface area (Å²) in [4.78, 5) is 47.1. The molecule has 196 valence electrons. The summed E-state index contributed by atoms with van der Waals surface area (Å²) in [5, 5.41) is 17.6. The van der Waals surface area contributed by atoms with E-state index in [0.717, 1.165) is 11.8 Å². The summed E-state index contributed by atoms with van der Waals surface area (Å²) in [5.41, 5.74) is -1.52. The van der Waals surface area contributed by atoms with Crippen LogP contribution >= 0.6 is 0 Å². The largest absolute Gasteiger partial charge is 0.503 e. The van der Waals surface area contributed by atoms with Gasteiger partial charge in [0, 0.05) is 43.4 Å². The van der Waals surface area contributed by atoms with E-state index < -0.39 is 51.8 Å². The first-order valence-corrected chi connectivity index (χ1v) is 12.3. The van der Waals surface area contributed by atoms with Crippen LogP contribution in [0.5, 0.6) is 5.75 Å². The number of fused-ring (bicyclic) bond motifs is 5. The zero-order valence-corrected chi connectivity index (χ0v) is 20.8. The Balaban J connectivity index is 1.54. The molecule has 3 aliphatic heterocycles. The smallest absolute Gasteiger partial charge is 0.274 e. The molecule has 3 aliphatic rings. The second-order valence-electron chi connectivity index (χ2n) is 10.3. The van der Waals surface area contributed by atoms with E-state index in [0.29, 0.717) is 25.3 Å². The highest BCUT2D eigenvalue weighted by Gasteiger charge is 2.54. The summed E-state index contributed by atoms with van der Waals surface area (Å²) < 4.78 is 28.7. The van der Waals surface area contributed by atoms with Crippen LogP contribution in [0, 0.1) is 17.6 Å². The predicted octanol–water partition coefficient (Wildman–Crippen LogP) is 3.11. The number of aromatic hydroxyl groups is 1. The number of carbonyl (C=O) groups is 2. The monoisotopic (exact) mass is 514 g/mol. The van der Waals surface area contributed by atoms with Gasteiger partial charge in [-0.25, -0.2) is 8.78 Å². The van der Waals surface area contributed by atoms with Gasteiger partial charge in [0.25, 0.3) is 11.8 Å². The van der Waals surface area contributed by atoms with Gasteiger partial charge < -0.3 is 24.7 Å². The molecule has 4 heterocycles. The first-order valence-electron chi connectivity index (χ1n) is 12.3. The molecule has 1 spiro atoms. The second kappa shape index (κ2) is 8.97. The van der Waals surface area contributed by atoms with Crippen molar-refractivity contribution in [3.8, 4) is 5.75 Å². The summed E-state index contributed by atoms with van der Waals surface area (Å²) in [5.74, 6) is -3.64. The number of hydrogen-bond donors (Lipinski definition) is 2. The highest BCUT2D eigenvalue weighted by Crippen LogP contribution is 2.46. The van der Waals surface area contributed by atoms with Crippen molar-refractivity contribution in [2.75, 3.05) is 6.54 Å². The van der Waals surface area contributed by atoms with Crippen LogP contribution in [-0.4, -0.2) is 50.3 Å². The molecule has 3 atom stereocenters. The lowest BCUT2D eigenvalue weighted by Gasteiger charge is -2.42. The van der Waals surface area contributed by atoms with Gasteiger partial charge in [0.15, 0.2) is 17.0 Å². The number of carbonyl (C=O) groups excluding carboxylic acids is 2. The van der Waals surface area contributed by atoms with Crippen molar-refractivity contribution in [1.82, 2.24) is 14.8 Å². The van der Waals surface area contributed by atoms with Gasteiger partial charge >= 0.3 is 0 Å². The molecule has 2 bridgehead atoms. The molecule has 1 aromatic carbocycles. The van der Waals surface area contributed by atoms with E-state index in [2.05, 4.69) is 10.5 Å². The quantitative estimate of drug-likeness (QED) is 0.651. The zero-order valence-electron chi connectivity index (χ0n) is 20.8. The van der Waals surface area contributed by atoms with Crippen LogP contribution in [0.25, 0.3) is 0 Å². The Hall–Kier alpha value is -3.76. The SMILES string of the molecule is CC(C)C1=NO[C@@]2(CC[C@H](C)N3C[C@H]2n2cc(C(=O)NCc4ccc(F)cc4F)c(=O)c(O)c2C3=O)C1. The van der Waals surface area contributed by atoms with Crippen LogP contribution in [0.4, 0.5) is 8.78 Å². The number of halogens is 2. The Labute approximate surface area is 211 Å². The molecular weight excluding hydrogens is 486 g/mol. The first-order chi connectivity index (χ1) is 17.5. The second-order valence-corrected chi connectivity index (χ2v) is 10.3. The number of nitrogens with zero attached hydrogens (tertiary/aromatic N) is 3. The topological polar surface area (TPSA) is 113 Å². The maximum absolute atomic E-state index is 14.0. The Morgan fingerprint density at radius 3 is 2.76 bits per heavy atom. The molecule has 37 heavy (non-hydrogen) atoms. The van der Waals surface area contributed by atoms with Crippen molar-refractivity contribution in [2.45, 2.75) is 64.3 Å². The van der Waals surface area contributed by atoms with Crippen LogP contribution in [0.2, 0.25) is 0 Å². The third-order valence-corrected chi connectivity index (χ3v) is 7.69. The van der Waals surface area contributed by atoms with Crippen molar-refractivity contribution < 1.29 is 28.3 Å². The minimum atomic E-state index is -1.01. The molecule has 1 aromatic heterocycles. The van der Waals surface area contributed by atoms with Crippen LogP contribution in [0.1, 0.15) is 72.5 Å². The molecule has 2 N–H and O–H groups in total. The van der Waals surface area contributed by atoms with Crippen molar-refractivity contribution in [1.29, 1.82) is 0 Å². The van der Waals surface area contributed by atoms with E-state index in [1.165, 1.54) is 16.8 Å². The number of benzene rings is 1. The van der Waals surface area contributed by atoms with Crippen molar-refractivity contribution >= 4 is 17.5 Å². The molecule has 1 saturated heterocycles. The Bertz CT molecular complexity index is 1390. The van der Waals surface area contributed by atoms with E-state index >= 15 is 0 Å². The van der Waals surface area contributed by atoms with Gasteiger partial charge in [-0.2, -0.15) is 0 Å². The third-order valence-electron chi connectivity index (χ3n) is 7.69. The summed E-state index contributed by atoms with van der Waals surface area (Å²) in [7, 11) is 0. The number of nitrogens with one attached hydrogen (secondary N) is 1. The van der Waals surface area contributed by atoms with Crippen LogP contribution < -0.4 is 10.7 Å². The summed E-state index contributed by atoms with van der Waals surface area (Å²) in [6.45, 7) is 5.89. The van der Waals surface area contributed by atoms with E-state index in [-0.39, 0.29) is 36.3 Å². The van der Waals surface area contributed by atoms with Gasteiger partial charge in [-0.3, -0.25) is 14.4 Å². The average Bonchev–Trinajstić information content (AvgIpc) is 3.24. The van der Waals surface area contributed by atoms with Gasteiger partial charge in [0.1, 0.15) is 17.2 Å². The van der Waals surface area contributed by atoms with Gasteiger partial charge in [-0.15, -0.1) is 0 Å². The molecule has 0 aliphatic carbocycles. The maximum atomic E-state index is 14.0. The summed E-state index contributed by atoms with van der Waals surface area (Å²) in [6, 6.07) is 2.27. The van der Waals surface area contributed by atoms with E-state index in [1.54, 1.807) is 4.90 Å². The number of aromatic nitrogens is 1. The number of oxime groups is 1. The molecule has 9 nitrogen and oxygen atoms in total. The lowest BCUT2D eigenvalue weighted by atomic mass is 9.82. The van der Waals surface area contributed by atoms with Gasteiger partial charge in [0.05, 0.1) is 11.8 Å². The Morgan fingerprint density at radius 1 is 1.32 bits per heavy atom.